The Bertz CT molecular complexity index is 664. The average molecular weight is 260 g/mol. The number of aromatic nitrogens is 1. The highest BCUT2D eigenvalue weighted by atomic mass is 35.5. The molecule has 0 amide bonds. The summed E-state index contributed by atoms with van der Waals surface area (Å²) >= 11 is 5.80. The summed E-state index contributed by atoms with van der Waals surface area (Å²) in [7, 11) is 0. The number of carbonyl (C=O) groups is 2. The van der Waals surface area contributed by atoms with Crippen LogP contribution in [0.3, 0.4) is 0 Å². The van der Waals surface area contributed by atoms with E-state index in [0.717, 1.165) is 5.56 Å². The van der Waals surface area contributed by atoms with Crippen molar-refractivity contribution < 1.29 is 14.3 Å². The van der Waals surface area contributed by atoms with Crippen LogP contribution in [0.5, 0.6) is 0 Å². The van der Waals surface area contributed by atoms with E-state index in [0.29, 0.717) is 10.7 Å². The third-order valence-electron chi connectivity index (χ3n) is 2.63. The summed E-state index contributed by atoms with van der Waals surface area (Å²) in [6, 6.07) is 10.3. The normalized spacial score (nSPS) is 13.4. The number of fused-ring (bicyclic) bond motifs is 1. The maximum absolute atomic E-state index is 11.4. The number of hydrogen-bond donors (Lipinski definition) is 0. The number of pyridine rings is 1. The van der Waals surface area contributed by atoms with Crippen LogP contribution < -0.4 is 0 Å². The second-order valence-corrected chi connectivity index (χ2v) is 4.21. The van der Waals surface area contributed by atoms with E-state index in [-0.39, 0.29) is 11.3 Å². The van der Waals surface area contributed by atoms with Crippen molar-refractivity contribution in [1.29, 1.82) is 0 Å². The predicted molar refractivity (Wildman–Crippen MR) is 64.4 cm³/mol. The monoisotopic (exact) mass is 259 g/mol. The fraction of sp³-hybridized carbons (Fsp3) is 0. The summed E-state index contributed by atoms with van der Waals surface area (Å²) in [6.07, 6.45) is 0. The zero-order valence-corrected chi connectivity index (χ0v) is 9.77. The SMILES string of the molecule is O=C1OC(=O)c2nc(-c3ccc(Cl)cc3)ccc21. The van der Waals surface area contributed by atoms with Gasteiger partial charge in [-0.25, -0.2) is 14.6 Å². The molecule has 1 aliphatic heterocycles. The molecule has 0 saturated carbocycles. The van der Waals surface area contributed by atoms with Gasteiger partial charge in [-0.1, -0.05) is 23.7 Å². The third kappa shape index (κ3) is 1.67. The van der Waals surface area contributed by atoms with Crippen LogP contribution in [-0.2, 0) is 4.74 Å². The van der Waals surface area contributed by atoms with Gasteiger partial charge in [0.25, 0.3) is 0 Å². The van der Waals surface area contributed by atoms with E-state index in [1.54, 1.807) is 36.4 Å². The minimum atomic E-state index is -0.703. The van der Waals surface area contributed by atoms with Crippen molar-refractivity contribution >= 4 is 23.5 Å². The Kier molecular flexibility index (Phi) is 2.38. The molecule has 2 heterocycles. The lowest BCUT2D eigenvalue weighted by Crippen LogP contribution is -1.99. The van der Waals surface area contributed by atoms with Crippen LogP contribution in [0.15, 0.2) is 36.4 Å². The lowest BCUT2D eigenvalue weighted by molar-refractivity contribution is 0.0441. The molecular formula is C13H6ClNO3. The standard InChI is InChI=1S/C13H6ClNO3/c14-8-3-1-7(2-4-8)10-6-5-9-11(15-10)13(17)18-12(9)16/h1-6H. The number of esters is 2. The van der Waals surface area contributed by atoms with Crippen LogP contribution in [0.25, 0.3) is 11.3 Å². The fourth-order valence-corrected chi connectivity index (χ4v) is 1.87. The summed E-state index contributed by atoms with van der Waals surface area (Å²) in [5.74, 6) is -1.35. The first-order valence-corrected chi connectivity index (χ1v) is 5.56. The van der Waals surface area contributed by atoms with E-state index in [4.69, 9.17) is 11.6 Å². The summed E-state index contributed by atoms with van der Waals surface area (Å²) < 4.78 is 4.48. The minimum absolute atomic E-state index is 0.0625. The molecule has 1 aliphatic rings. The average Bonchev–Trinajstić information content (AvgIpc) is 2.66. The number of ether oxygens (including phenoxy) is 1. The van der Waals surface area contributed by atoms with Gasteiger partial charge in [-0.2, -0.15) is 0 Å². The summed E-state index contributed by atoms with van der Waals surface area (Å²) in [6.45, 7) is 0. The van der Waals surface area contributed by atoms with Crippen molar-refractivity contribution in [2.24, 2.45) is 0 Å². The van der Waals surface area contributed by atoms with Crippen molar-refractivity contribution in [3.63, 3.8) is 0 Å². The van der Waals surface area contributed by atoms with Crippen molar-refractivity contribution in [2.75, 3.05) is 0 Å². The predicted octanol–water partition coefficient (Wildman–Crippen LogP) is 2.71. The van der Waals surface area contributed by atoms with E-state index in [2.05, 4.69) is 9.72 Å². The van der Waals surface area contributed by atoms with Crippen molar-refractivity contribution in [1.82, 2.24) is 4.98 Å². The highest BCUT2D eigenvalue weighted by molar-refractivity contribution is 6.30. The number of carbonyl (C=O) groups excluding carboxylic acids is 2. The number of cyclic esters (lactones) is 2. The topological polar surface area (TPSA) is 56.3 Å². The van der Waals surface area contributed by atoms with Gasteiger partial charge in [0, 0.05) is 10.6 Å². The summed E-state index contributed by atoms with van der Waals surface area (Å²) in [4.78, 5) is 26.8. The number of hydrogen-bond acceptors (Lipinski definition) is 4. The molecule has 0 atom stereocenters. The molecule has 1 aromatic carbocycles. The Morgan fingerprint density at radius 2 is 1.67 bits per heavy atom. The largest absolute Gasteiger partial charge is 0.384 e. The first kappa shape index (κ1) is 10.9. The number of rotatable bonds is 1. The lowest BCUT2D eigenvalue weighted by Gasteiger charge is -2.01. The maximum atomic E-state index is 11.4. The van der Waals surface area contributed by atoms with Crippen molar-refractivity contribution in [3.05, 3.63) is 52.7 Å². The van der Waals surface area contributed by atoms with Gasteiger partial charge in [-0.3, -0.25) is 0 Å². The van der Waals surface area contributed by atoms with Gasteiger partial charge in [0.15, 0.2) is 5.69 Å². The molecule has 1 aromatic heterocycles. The summed E-state index contributed by atoms with van der Waals surface area (Å²) in [5, 5.41) is 0.620. The van der Waals surface area contributed by atoms with E-state index in [9.17, 15) is 9.59 Å². The molecule has 5 heteroatoms. The van der Waals surface area contributed by atoms with Gasteiger partial charge in [-0.15, -0.1) is 0 Å². The maximum Gasteiger partial charge on any atom is 0.365 e. The van der Waals surface area contributed by atoms with Crippen LogP contribution in [-0.4, -0.2) is 16.9 Å². The quantitative estimate of drug-likeness (QED) is 0.584. The van der Waals surface area contributed by atoms with Crippen LogP contribution in [0.2, 0.25) is 5.02 Å². The molecule has 0 N–H and O–H groups in total. The molecule has 0 fully saturated rings. The smallest absolute Gasteiger partial charge is 0.365 e. The Morgan fingerprint density at radius 1 is 0.944 bits per heavy atom. The first-order chi connectivity index (χ1) is 8.65. The molecule has 88 valence electrons. The van der Waals surface area contributed by atoms with Crippen LogP contribution in [0.1, 0.15) is 20.8 Å². The third-order valence-corrected chi connectivity index (χ3v) is 2.89. The Morgan fingerprint density at radius 3 is 2.39 bits per heavy atom. The molecule has 0 saturated heterocycles. The zero-order valence-electron chi connectivity index (χ0n) is 9.01. The second kappa shape index (κ2) is 3.92. The van der Waals surface area contributed by atoms with E-state index >= 15 is 0 Å². The Hall–Kier alpha value is -2.20. The second-order valence-electron chi connectivity index (χ2n) is 3.78. The molecule has 0 bridgehead atoms. The van der Waals surface area contributed by atoms with Crippen LogP contribution in [0, 0.1) is 0 Å². The van der Waals surface area contributed by atoms with Crippen molar-refractivity contribution in [2.45, 2.75) is 0 Å². The van der Waals surface area contributed by atoms with Crippen LogP contribution >= 0.6 is 11.6 Å². The van der Waals surface area contributed by atoms with Gasteiger partial charge < -0.3 is 4.74 Å². The fourth-order valence-electron chi connectivity index (χ4n) is 1.75. The number of halogens is 1. The highest BCUT2D eigenvalue weighted by Gasteiger charge is 2.31. The number of nitrogens with zero attached hydrogens (tertiary/aromatic N) is 1. The molecule has 0 aliphatic carbocycles. The van der Waals surface area contributed by atoms with Gasteiger partial charge in [0.05, 0.1) is 11.3 Å². The van der Waals surface area contributed by atoms with Gasteiger partial charge in [0.2, 0.25) is 0 Å². The van der Waals surface area contributed by atoms with Crippen molar-refractivity contribution in [3.8, 4) is 11.3 Å². The molecule has 0 unspecified atom stereocenters. The molecule has 18 heavy (non-hydrogen) atoms. The summed E-state index contributed by atoms with van der Waals surface area (Å²) in [5.41, 5.74) is 1.68. The molecule has 0 radical (unpaired) electrons. The molecule has 3 rings (SSSR count). The highest BCUT2D eigenvalue weighted by Crippen LogP contribution is 2.24. The van der Waals surface area contributed by atoms with E-state index in [1.807, 2.05) is 0 Å². The molecule has 2 aromatic rings. The van der Waals surface area contributed by atoms with E-state index < -0.39 is 11.9 Å². The van der Waals surface area contributed by atoms with Crippen LogP contribution in [0.4, 0.5) is 0 Å². The molecule has 4 nitrogen and oxygen atoms in total. The lowest BCUT2D eigenvalue weighted by atomic mass is 10.1. The minimum Gasteiger partial charge on any atom is -0.384 e. The van der Waals surface area contributed by atoms with Gasteiger partial charge in [-0.05, 0) is 24.3 Å². The van der Waals surface area contributed by atoms with E-state index in [1.165, 1.54) is 0 Å². The Labute approximate surface area is 107 Å². The molecule has 0 spiro atoms. The molecular weight excluding hydrogens is 254 g/mol. The number of benzene rings is 1. The van der Waals surface area contributed by atoms with Gasteiger partial charge >= 0.3 is 11.9 Å². The zero-order chi connectivity index (χ0) is 12.7. The Balaban J connectivity index is 2.11. The van der Waals surface area contributed by atoms with Gasteiger partial charge in [0.1, 0.15) is 0 Å². The first-order valence-electron chi connectivity index (χ1n) is 5.18.